The number of anilines is 1. The highest BCUT2D eigenvalue weighted by molar-refractivity contribution is 6.05. The van der Waals surface area contributed by atoms with Gasteiger partial charge in [-0.3, -0.25) is 9.69 Å². The summed E-state index contributed by atoms with van der Waals surface area (Å²) in [5.41, 5.74) is 1.15. The van der Waals surface area contributed by atoms with Crippen LogP contribution in [-0.2, 0) is 0 Å². The summed E-state index contributed by atoms with van der Waals surface area (Å²) in [6.45, 7) is 1.95. The molecule has 1 aliphatic rings. The maximum Gasteiger partial charge on any atom is 0.263 e. The summed E-state index contributed by atoms with van der Waals surface area (Å²) in [5.74, 6) is -0.483. The number of halogens is 1. The smallest absolute Gasteiger partial charge is 0.263 e. The lowest BCUT2D eigenvalue weighted by molar-refractivity contribution is 0.0962. The van der Waals surface area contributed by atoms with Crippen LogP contribution in [-0.4, -0.2) is 26.7 Å². The SMILES string of the molecule is C[C@H]1C[C@@H](c2ccccc2)n2ncnc2N1C(=O)c1ccccc1F. The molecule has 0 fully saturated rings. The summed E-state index contributed by atoms with van der Waals surface area (Å²) >= 11 is 0. The van der Waals surface area contributed by atoms with E-state index in [0.29, 0.717) is 12.4 Å². The van der Waals surface area contributed by atoms with Crippen LogP contribution in [0.2, 0.25) is 0 Å². The molecular weight excluding hydrogens is 319 g/mol. The molecule has 0 radical (unpaired) electrons. The minimum absolute atomic E-state index is 0.00151. The second-order valence-electron chi connectivity index (χ2n) is 6.17. The van der Waals surface area contributed by atoms with Gasteiger partial charge < -0.3 is 0 Å². The van der Waals surface area contributed by atoms with Crippen molar-refractivity contribution in [1.82, 2.24) is 14.8 Å². The van der Waals surface area contributed by atoms with Gasteiger partial charge in [-0.15, -0.1) is 0 Å². The van der Waals surface area contributed by atoms with Crippen LogP contribution >= 0.6 is 0 Å². The Morgan fingerprint density at radius 1 is 1.12 bits per heavy atom. The zero-order valence-corrected chi connectivity index (χ0v) is 13.7. The fraction of sp³-hybridized carbons (Fsp3) is 0.211. The van der Waals surface area contributed by atoms with Gasteiger partial charge in [0, 0.05) is 6.04 Å². The molecule has 3 aromatic rings. The molecule has 25 heavy (non-hydrogen) atoms. The maximum absolute atomic E-state index is 14.1. The van der Waals surface area contributed by atoms with E-state index in [9.17, 15) is 9.18 Å². The number of benzene rings is 2. The number of amides is 1. The molecule has 0 N–H and O–H groups in total. The van der Waals surface area contributed by atoms with Gasteiger partial charge in [0.2, 0.25) is 5.95 Å². The van der Waals surface area contributed by atoms with Gasteiger partial charge in [0.25, 0.3) is 5.91 Å². The van der Waals surface area contributed by atoms with Crippen molar-refractivity contribution in [2.24, 2.45) is 0 Å². The van der Waals surface area contributed by atoms with Gasteiger partial charge in [0.05, 0.1) is 11.6 Å². The standard InChI is InChI=1S/C19H17FN4O/c1-13-11-17(14-7-3-2-4-8-14)24-19(21-12-22-24)23(13)18(25)15-9-5-6-10-16(15)20/h2-10,12-13,17H,11H2,1H3/t13-,17-/m0/s1. The van der Waals surface area contributed by atoms with Crippen molar-refractivity contribution >= 4 is 11.9 Å². The van der Waals surface area contributed by atoms with Gasteiger partial charge in [-0.05, 0) is 31.0 Å². The lowest BCUT2D eigenvalue weighted by Gasteiger charge is -2.37. The van der Waals surface area contributed by atoms with Crippen LogP contribution in [0.1, 0.15) is 35.3 Å². The van der Waals surface area contributed by atoms with E-state index in [-0.39, 0.29) is 17.6 Å². The van der Waals surface area contributed by atoms with E-state index in [1.54, 1.807) is 16.8 Å². The normalized spacial score (nSPS) is 19.5. The molecule has 126 valence electrons. The van der Waals surface area contributed by atoms with E-state index in [1.165, 1.54) is 23.4 Å². The summed E-state index contributed by atoms with van der Waals surface area (Å²) in [6.07, 6.45) is 2.12. The molecule has 0 bridgehead atoms. The predicted octanol–water partition coefficient (Wildman–Crippen LogP) is 3.45. The number of nitrogens with zero attached hydrogens (tertiary/aromatic N) is 4. The number of hydrogen-bond acceptors (Lipinski definition) is 3. The first-order valence-corrected chi connectivity index (χ1v) is 8.19. The Bertz CT molecular complexity index is 909. The van der Waals surface area contributed by atoms with Crippen LogP contribution in [0, 0.1) is 5.82 Å². The fourth-order valence-corrected chi connectivity index (χ4v) is 3.37. The highest BCUT2D eigenvalue weighted by Gasteiger charge is 2.37. The number of aromatic nitrogens is 3. The average Bonchev–Trinajstić information content (AvgIpc) is 3.11. The van der Waals surface area contributed by atoms with Crippen LogP contribution in [0.25, 0.3) is 0 Å². The van der Waals surface area contributed by atoms with E-state index in [4.69, 9.17) is 0 Å². The molecule has 2 atom stereocenters. The number of fused-ring (bicyclic) bond motifs is 1. The fourth-order valence-electron chi connectivity index (χ4n) is 3.37. The minimum atomic E-state index is -0.532. The zero-order chi connectivity index (χ0) is 17.4. The predicted molar refractivity (Wildman–Crippen MR) is 91.9 cm³/mol. The Labute approximate surface area is 144 Å². The average molecular weight is 336 g/mol. The third-order valence-corrected chi connectivity index (χ3v) is 4.58. The maximum atomic E-state index is 14.1. The first-order chi connectivity index (χ1) is 12.2. The Morgan fingerprint density at radius 3 is 2.60 bits per heavy atom. The zero-order valence-electron chi connectivity index (χ0n) is 13.7. The molecule has 0 aliphatic carbocycles. The first kappa shape index (κ1) is 15.5. The molecule has 0 spiro atoms. The third-order valence-electron chi connectivity index (χ3n) is 4.58. The van der Waals surface area contributed by atoms with Crippen molar-refractivity contribution in [1.29, 1.82) is 0 Å². The molecule has 0 saturated carbocycles. The van der Waals surface area contributed by atoms with Crippen LogP contribution in [0.15, 0.2) is 60.9 Å². The van der Waals surface area contributed by atoms with E-state index in [1.807, 2.05) is 37.3 Å². The molecule has 0 unspecified atom stereocenters. The van der Waals surface area contributed by atoms with E-state index in [2.05, 4.69) is 10.1 Å². The largest absolute Gasteiger partial charge is 0.274 e. The van der Waals surface area contributed by atoms with E-state index < -0.39 is 11.7 Å². The van der Waals surface area contributed by atoms with Gasteiger partial charge in [0.15, 0.2) is 0 Å². The molecule has 1 aromatic heterocycles. The van der Waals surface area contributed by atoms with Crippen molar-refractivity contribution in [3.8, 4) is 0 Å². The Kier molecular flexibility index (Phi) is 3.80. The number of rotatable bonds is 2. The molecule has 2 heterocycles. The molecular formula is C19H17FN4O. The van der Waals surface area contributed by atoms with Crippen molar-refractivity contribution < 1.29 is 9.18 Å². The first-order valence-electron chi connectivity index (χ1n) is 8.19. The molecule has 1 amide bonds. The van der Waals surface area contributed by atoms with Gasteiger partial charge in [0.1, 0.15) is 12.1 Å². The van der Waals surface area contributed by atoms with Crippen LogP contribution in [0.5, 0.6) is 0 Å². The number of hydrogen-bond donors (Lipinski definition) is 0. The van der Waals surface area contributed by atoms with Gasteiger partial charge in [-0.1, -0.05) is 42.5 Å². The molecule has 6 heteroatoms. The van der Waals surface area contributed by atoms with Gasteiger partial charge >= 0.3 is 0 Å². The van der Waals surface area contributed by atoms with Crippen molar-refractivity contribution in [2.45, 2.75) is 25.4 Å². The summed E-state index contributed by atoms with van der Waals surface area (Å²) in [6, 6.07) is 15.9. The Hall–Kier alpha value is -3.02. The number of carbonyl (C=O) groups is 1. The van der Waals surface area contributed by atoms with Crippen LogP contribution < -0.4 is 4.90 Å². The second kappa shape index (κ2) is 6.12. The van der Waals surface area contributed by atoms with Crippen molar-refractivity contribution in [3.05, 3.63) is 77.9 Å². The van der Waals surface area contributed by atoms with Crippen LogP contribution in [0.4, 0.5) is 10.3 Å². The van der Waals surface area contributed by atoms with Gasteiger partial charge in [-0.25, -0.2) is 9.07 Å². The quantitative estimate of drug-likeness (QED) is 0.720. The summed E-state index contributed by atoms with van der Waals surface area (Å²) in [4.78, 5) is 18.7. The van der Waals surface area contributed by atoms with Crippen molar-refractivity contribution in [2.75, 3.05) is 4.90 Å². The monoisotopic (exact) mass is 336 g/mol. The molecule has 1 aliphatic heterocycles. The summed E-state index contributed by atoms with van der Waals surface area (Å²) in [5, 5.41) is 4.32. The minimum Gasteiger partial charge on any atom is -0.274 e. The lowest BCUT2D eigenvalue weighted by atomic mass is 9.97. The Balaban J connectivity index is 1.76. The van der Waals surface area contributed by atoms with Gasteiger partial charge in [-0.2, -0.15) is 10.1 Å². The topological polar surface area (TPSA) is 51.0 Å². The molecule has 0 saturated heterocycles. The lowest BCUT2D eigenvalue weighted by Crippen LogP contribution is -2.46. The Morgan fingerprint density at radius 2 is 1.84 bits per heavy atom. The third kappa shape index (κ3) is 2.59. The van der Waals surface area contributed by atoms with E-state index in [0.717, 1.165) is 5.56 Å². The highest BCUT2D eigenvalue weighted by atomic mass is 19.1. The number of carbonyl (C=O) groups excluding carboxylic acids is 1. The summed E-state index contributed by atoms with van der Waals surface area (Å²) < 4.78 is 15.8. The van der Waals surface area contributed by atoms with E-state index >= 15 is 0 Å². The molecule has 4 rings (SSSR count). The van der Waals surface area contributed by atoms with Crippen LogP contribution in [0.3, 0.4) is 0 Å². The highest BCUT2D eigenvalue weighted by Crippen LogP contribution is 2.35. The second-order valence-corrected chi connectivity index (χ2v) is 6.17. The van der Waals surface area contributed by atoms with Crippen molar-refractivity contribution in [3.63, 3.8) is 0 Å². The molecule has 2 aromatic carbocycles. The molecule has 5 nitrogen and oxygen atoms in total. The summed E-state index contributed by atoms with van der Waals surface area (Å²) in [7, 11) is 0.